The molecule has 0 saturated heterocycles. The highest BCUT2D eigenvalue weighted by atomic mass is 16.5. The lowest BCUT2D eigenvalue weighted by atomic mass is 9.98. The van der Waals surface area contributed by atoms with E-state index in [1.165, 1.54) is 33.5 Å². The molecule has 26 heavy (non-hydrogen) atoms. The summed E-state index contributed by atoms with van der Waals surface area (Å²) in [5.41, 5.74) is 4.06. The van der Waals surface area contributed by atoms with Crippen molar-refractivity contribution in [1.82, 2.24) is 5.32 Å². The predicted octanol–water partition coefficient (Wildman–Crippen LogP) is 0.639. The minimum atomic E-state index is -1.19. The first kappa shape index (κ1) is 21.1. The molecule has 1 aromatic carbocycles. The van der Waals surface area contributed by atoms with Crippen molar-refractivity contribution in [2.24, 2.45) is 5.73 Å². The fourth-order valence-electron chi connectivity index (χ4n) is 2.13. The van der Waals surface area contributed by atoms with Gasteiger partial charge in [-0.2, -0.15) is 0 Å². The molecule has 0 bridgehead atoms. The Bertz CT molecular complexity index is 665. The second-order valence-corrected chi connectivity index (χ2v) is 5.60. The normalized spacial score (nSPS) is 12.5. The van der Waals surface area contributed by atoms with Crippen molar-refractivity contribution in [3.63, 3.8) is 0 Å². The average Bonchev–Trinajstić information content (AvgIpc) is 2.64. The van der Waals surface area contributed by atoms with Crippen molar-refractivity contribution < 1.29 is 33.3 Å². The Balaban J connectivity index is 3.22. The van der Waals surface area contributed by atoms with Crippen LogP contribution in [0.1, 0.15) is 30.6 Å². The lowest BCUT2D eigenvalue weighted by Gasteiger charge is -2.26. The van der Waals surface area contributed by atoms with Crippen LogP contribution in [0.3, 0.4) is 0 Å². The van der Waals surface area contributed by atoms with E-state index in [9.17, 15) is 14.4 Å². The first-order chi connectivity index (χ1) is 12.2. The van der Waals surface area contributed by atoms with Gasteiger partial charge in [0.05, 0.1) is 21.3 Å². The summed E-state index contributed by atoms with van der Waals surface area (Å²) in [4.78, 5) is 35.5. The van der Waals surface area contributed by atoms with Gasteiger partial charge in [-0.1, -0.05) is 6.92 Å². The van der Waals surface area contributed by atoms with Gasteiger partial charge < -0.3 is 30.0 Å². The number of benzene rings is 1. The van der Waals surface area contributed by atoms with Crippen LogP contribution in [0.2, 0.25) is 0 Å². The number of carbonyl (C=O) groups is 3. The van der Waals surface area contributed by atoms with Crippen LogP contribution in [-0.4, -0.2) is 51.3 Å². The lowest BCUT2D eigenvalue weighted by molar-refractivity contribution is -0.147. The van der Waals surface area contributed by atoms with Gasteiger partial charge in [-0.3, -0.25) is 9.59 Å². The van der Waals surface area contributed by atoms with Gasteiger partial charge in [0.1, 0.15) is 5.54 Å². The number of nitrogens with two attached hydrogens (primary N) is 1. The van der Waals surface area contributed by atoms with E-state index in [2.05, 4.69) is 5.32 Å². The van der Waals surface area contributed by atoms with Gasteiger partial charge in [0, 0.05) is 5.56 Å². The fraction of sp³-hybridized carbons (Fsp3) is 0.471. The lowest BCUT2D eigenvalue weighted by Crippen LogP contribution is -2.52. The molecule has 9 heteroatoms. The molecular weight excluding hydrogens is 344 g/mol. The zero-order valence-electron chi connectivity index (χ0n) is 15.5. The molecule has 1 rings (SSSR count). The fourth-order valence-corrected chi connectivity index (χ4v) is 2.13. The van der Waals surface area contributed by atoms with E-state index < -0.39 is 23.3 Å². The van der Waals surface area contributed by atoms with Crippen molar-refractivity contribution in [3.05, 3.63) is 17.7 Å². The van der Waals surface area contributed by atoms with Gasteiger partial charge in [0.25, 0.3) is 11.8 Å². The van der Waals surface area contributed by atoms with Crippen LogP contribution >= 0.6 is 0 Å². The molecule has 0 aliphatic heterocycles. The highest BCUT2D eigenvalue weighted by molar-refractivity contribution is 5.99. The van der Waals surface area contributed by atoms with E-state index in [0.717, 1.165) is 0 Å². The van der Waals surface area contributed by atoms with E-state index in [1.54, 1.807) is 13.8 Å². The number of primary amides is 1. The van der Waals surface area contributed by atoms with Crippen LogP contribution in [-0.2, 0) is 14.3 Å². The monoisotopic (exact) mass is 368 g/mol. The maximum absolute atomic E-state index is 12.6. The molecule has 0 heterocycles. The van der Waals surface area contributed by atoms with Crippen molar-refractivity contribution >= 4 is 17.8 Å². The molecule has 0 aromatic heterocycles. The van der Waals surface area contributed by atoms with E-state index in [0.29, 0.717) is 6.42 Å². The number of methoxy groups -OCH3 is 3. The number of esters is 1. The van der Waals surface area contributed by atoms with E-state index >= 15 is 0 Å². The van der Waals surface area contributed by atoms with Crippen LogP contribution in [0, 0.1) is 0 Å². The molecule has 0 fully saturated rings. The third kappa shape index (κ3) is 4.78. The summed E-state index contributed by atoms with van der Waals surface area (Å²) in [6, 6.07) is 2.81. The topological polar surface area (TPSA) is 126 Å². The number of carbonyl (C=O) groups excluding carboxylic acids is 3. The van der Waals surface area contributed by atoms with Crippen molar-refractivity contribution in [2.75, 3.05) is 27.9 Å². The largest absolute Gasteiger partial charge is 0.493 e. The van der Waals surface area contributed by atoms with E-state index in [4.69, 9.17) is 24.7 Å². The number of nitrogens with one attached hydrogen (secondary N) is 1. The number of rotatable bonds is 9. The molecule has 3 N–H and O–H groups in total. The summed E-state index contributed by atoms with van der Waals surface area (Å²) in [5, 5.41) is 2.64. The van der Waals surface area contributed by atoms with Crippen LogP contribution in [0.4, 0.5) is 0 Å². The molecule has 1 atom stereocenters. The Kier molecular flexibility index (Phi) is 7.24. The highest BCUT2D eigenvalue weighted by Gasteiger charge is 2.34. The Labute approximate surface area is 151 Å². The molecule has 144 valence electrons. The smallest absolute Gasteiger partial charge is 0.331 e. The number of ether oxygens (including phenoxy) is 4. The Morgan fingerprint density at radius 2 is 1.65 bits per heavy atom. The first-order valence-corrected chi connectivity index (χ1v) is 7.80. The van der Waals surface area contributed by atoms with E-state index in [1.807, 2.05) is 0 Å². The second-order valence-electron chi connectivity index (χ2n) is 5.60. The predicted molar refractivity (Wildman–Crippen MR) is 92.4 cm³/mol. The van der Waals surface area contributed by atoms with Gasteiger partial charge in [-0.05, 0) is 25.5 Å². The van der Waals surface area contributed by atoms with Crippen molar-refractivity contribution in [3.8, 4) is 17.2 Å². The number of hydrogen-bond acceptors (Lipinski definition) is 7. The maximum atomic E-state index is 12.6. The summed E-state index contributed by atoms with van der Waals surface area (Å²) in [7, 11) is 4.00. The summed E-state index contributed by atoms with van der Waals surface area (Å²) in [5.74, 6) is -1.28. The summed E-state index contributed by atoms with van der Waals surface area (Å²) >= 11 is 0. The molecule has 0 radical (unpaired) electrons. The Hall–Kier alpha value is -2.97. The average molecular weight is 368 g/mol. The van der Waals surface area contributed by atoms with Gasteiger partial charge in [0.15, 0.2) is 18.1 Å². The minimum absolute atomic E-state index is 0.136. The molecule has 1 aromatic rings. The van der Waals surface area contributed by atoms with Crippen LogP contribution < -0.4 is 25.3 Å². The van der Waals surface area contributed by atoms with Gasteiger partial charge >= 0.3 is 5.97 Å². The van der Waals surface area contributed by atoms with Gasteiger partial charge in [0.2, 0.25) is 5.75 Å². The van der Waals surface area contributed by atoms with Gasteiger partial charge in [-0.15, -0.1) is 0 Å². The zero-order valence-corrected chi connectivity index (χ0v) is 15.5. The third-order valence-corrected chi connectivity index (χ3v) is 3.81. The molecule has 0 aliphatic carbocycles. The highest BCUT2D eigenvalue weighted by Crippen LogP contribution is 2.38. The van der Waals surface area contributed by atoms with Gasteiger partial charge in [-0.25, -0.2) is 4.79 Å². The maximum Gasteiger partial charge on any atom is 0.331 e. The standard InChI is InChI=1S/C17H24N2O7/c1-6-17(2,16(22)25-5)19-15(21)10-7-11(23-3)14(12(8-10)24-4)26-9-13(18)20/h7-8H,6,9H2,1-5H3,(H2,18,20)(H,19,21)/t17-/m0/s1. The molecular formula is C17H24N2O7. The molecule has 0 spiro atoms. The first-order valence-electron chi connectivity index (χ1n) is 7.80. The molecule has 9 nitrogen and oxygen atoms in total. The summed E-state index contributed by atoms with van der Waals surface area (Å²) < 4.78 is 20.4. The van der Waals surface area contributed by atoms with Crippen LogP contribution in [0.15, 0.2) is 12.1 Å². The molecule has 0 saturated carbocycles. The third-order valence-electron chi connectivity index (χ3n) is 3.81. The summed E-state index contributed by atoms with van der Waals surface area (Å²) in [6.07, 6.45) is 0.333. The summed E-state index contributed by atoms with van der Waals surface area (Å²) in [6.45, 7) is 2.93. The van der Waals surface area contributed by atoms with Crippen molar-refractivity contribution in [1.29, 1.82) is 0 Å². The van der Waals surface area contributed by atoms with Crippen molar-refractivity contribution in [2.45, 2.75) is 25.8 Å². The molecule has 0 aliphatic rings. The zero-order chi connectivity index (χ0) is 19.9. The minimum Gasteiger partial charge on any atom is -0.493 e. The van der Waals surface area contributed by atoms with Crippen LogP contribution in [0.25, 0.3) is 0 Å². The van der Waals surface area contributed by atoms with Crippen LogP contribution in [0.5, 0.6) is 17.2 Å². The Morgan fingerprint density at radius 1 is 1.12 bits per heavy atom. The Morgan fingerprint density at radius 3 is 2.04 bits per heavy atom. The second kappa shape index (κ2) is 8.93. The molecule has 0 unspecified atom stereocenters. The number of hydrogen-bond donors (Lipinski definition) is 2. The SMILES string of the molecule is CC[C@](C)(NC(=O)c1cc(OC)c(OCC(N)=O)c(OC)c1)C(=O)OC. The molecule has 2 amide bonds. The van der Waals surface area contributed by atoms with E-state index in [-0.39, 0.29) is 29.4 Å². The quantitative estimate of drug-likeness (QED) is 0.613. The number of amides is 2.